The van der Waals surface area contributed by atoms with Crippen LogP contribution in [0.15, 0.2) is 42.6 Å². The fraction of sp³-hybridized carbons (Fsp3) is 0. The molecule has 0 aliphatic rings. The van der Waals surface area contributed by atoms with Crippen LogP contribution in [0.5, 0.6) is 0 Å². The number of nitriles is 1. The van der Waals surface area contributed by atoms with Crippen LogP contribution in [0.25, 0.3) is 0 Å². The lowest BCUT2D eigenvalue weighted by Gasteiger charge is -2.10. The summed E-state index contributed by atoms with van der Waals surface area (Å²) < 4.78 is 0. The predicted octanol–water partition coefficient (Wildman–Crippen LogP) is 1.41. The predicted molar refractivity (Wildman–Crippen MR) is 73.4 cm³/mol. The van der Waals surface area contributed by atoms with Gasteiger partial charge in [0.1, 0.15) is 6.07 Å². The number of rotatable bonds is 4. The second kappa shape index (κ2) is 6.16. The van der Waals surface area contributed by atoms with Crippen molar-refractivity contribution in [3.05, 3.63) is 59.3 Å². The highest BCUT2D eigenvalue weighted by molar-refractivity contribution is 6.05. The highest BCUT2D eigenvalue weighted by atomic mass is 16.4. The molecule has 0 saturated carbocycles. The lowest BCUT2D eigenvalue weighted by Crippen LogP contribution is -2.31. The molecule has 0 fully saturated rings. The zero-order valence-corrected chi connectivity index (χ0v) is 10.7. The number of carboxylic acids is 1. The first kappa shape index (κ1) is 14.0. The van der Waals surface area contributed by atoms with Crippen molar-refractivity contribution in [3.63, 3.8) is 0 Å². The number of benzene rings is 1. The van der Waals surface area contributed by atoms with Crippen molar-refractivity contribution < 1.29 is 14.7 Å². The third-order valence-electron chi connectivity index (χ3n) is 2.62. The summed E-state index contributed by atoms with van der Waals surface area (Å²) >= 11 is 0. The van der Waals surface area contributed by atoms with E-state index in [1.807, 2.05) is 6.07 Å². The Morgan fingerprint density at radius 1 is 1.14 bits per heavy atom. The fourth-order valence-corrected chi connectivity index (χ4v) is 1.65. The molecule has 1 heterocycles. The molecule has 7 heteroatoms. The molecule has 7 nitrogen and oxygen atoms in total. The average molecular weight is 282 g/mol. The summed E-state index contributed by atoms with van der Waals surface area (Å²) in [7, 11) is 0. The standard InChI is InChI=1S/C14H10N4O3/c15-8-9-4-3-7-16-12(9)17-18-13(19)10-5-1-2-6-11(10)14(20)21/h1-7H,(H,16,17)(H,18,19)(H,20,21). The maximum Gasteiger partial charge on any atom is 0.336 e. The molecule has 0 atom stereocenters. The summed E-state index contributed by atoms with van der Waals surface area (Å²) in [5.41, 5.74) is 4.97. The van der Waals surface area contributed by atoms with Crippen LogP contribution in [0.1, 0.15) is 26.3 Å². The van der Waals surface area contributed by atoms with Crippen molar-refractivity contribution in [1.82, 2.24) is 10.4 Å². The Morgan fingerprint density at radius 3 is 2.52 bits per heavy atom. The molecule has 21 heavy (non-hydrogen) atoms. The van der Waals surface area contributed by atoms with Gasteiger partial charge in [0.2, 0.25) is 0 Å². The average Bonchev–Trinajstić information content (AvgIpc) is 2.52. The van der Waals surface area contributed by atoms with Crippen molar-refractivity contribution in [2.24, 2.45) is 0 Å². The van der Waals surface area contributed by atoms with Gasteiger partial charge in [-0.15, -0.1) is 0 Å². The van der Waals surface area contributed by atoms with Crippen LogP contribution in [-0.4, -0.2) is 22.0 Å². The van der Waals surface area contributed by atoms with Gasteiger partial charge in [0, 0.05) is 6.20 Å². The summed E-state index contributed by atoms with van der Waals surface area (Å²) in [4.78, 5) is 26.9. The molecule has 3 N–H and O–H groups in total. The number of anilines is 1. The molecule has 0 aliphatic heterocycles. The first-order valence-corrected chi connectivity index (χ1v) is 5.87. The Bertz CT molecular complexity index is 737. The summed E-state index contributed by atoms with van der Waals surface area (Å²) in [6, 6.07) is 10.9. The second-order valence-electron chi connectivity index (χ2n) is 3.94. The number of carbonyl (C=O) groups excluding carboxylic acids is 1. The zero-order chi connectivity index (χ0) is 15.2. The Kier molecular flexibility index (Phi) is 4.11. The maximum atomic E-state index is 12.0. The van der Waals surface area contributed by atoms with Crippen molar-refractivity contribution in [1.29, 1.82) is 5.26 Å². The number of carbonyl (C=O) groups is 2. The second-order valence-corrected chi connectivity index (χ2v) is 3.94. The van der Waals surface area contributed by atoms with Crippen LogP contribution in [0.3, 0.4) is 0 Å². The highest BCUT2D eigenvalue weighted by Gasteiger charge is 2.15. The topological polar surface area (TPSA) is 115 Å². The number of aromatic carboxylic acids is 1. The van der Waals surface area contributed by atoms with E-state index >= 15 is 0 Å². The van der Waals surface area contributed by atoms with Gasteiger partial charge in [0.25, 0.3) is 5.91 Å². The van der Waals surface area contributed by atoms with Gasteiger partial charge in [-0.1, -0.05) is 12.1 Å². The van der Waals surface area contributed by atoms with E-state index in [1.165, 1.54) is 30.5 Å². The minimum absolute atomic E-state index is 0.00642. The third kappa shape index (κ3) is 3.13. The largest absolute Gasteiger partial charge is 0.478 e. The third-order valence-corrected chi connectivity index (χ3v) is 2.62. The monoisotopic (exact) mass is 282 g/mol. The molecule has 0 aliphatic carbocycles. The van der Waals surface area contributed by atoms with E-state index in [4.69, 9.17) is 10.4 Å². The van der Waals surface area contributed by atoms with E-state index in [2.05, 4.69) is 15.8 Å². The van der Waals surface area contributed by atoms with Gasteiger partial charge < -0.3 is 5.11 Å². The first-order valence-electron chi connectivity index (χ1n) is 5.87. The van der Waals surface area contributed by atoms with Crippen LogP contribution in [0.2, 0.25) is 0 Å². The van der Waals surface area contributed by atoms with Crippen molar-refractivity contribution in [3.8, 4) is 6.07 Å². The van der Waals surface area contributed by atoms with Crippen molar-refractivity contribution in [2.45, 2.75) is 0 Å². The van der Waals surface area contributed by atoms with Crippen LogP contribution in [0, 0.1) is 11.3 Å². The Labute approximate surface area is 119 Å². The van der Waals surface area contributed by atoms with Gasteiger partial charge in [-0.25, -0.2) is 9.78 Å². The number of hydrogen-bond donors (Lipinski definition) is 3. The van der Waals surface area contributed by atoms with Gasteiger partial charge in [-0.3, -0.25) is 15.6 Å². The Morgan fingerprint density at radius 2 is 1.86 bits per heavy atom. The van der Waals surface area contributed by atoms with Crippen molar-refractivity contribution in [2.75, 3.05) is 5.43 Å². The van der Waals surface area contributed by atoms with Gasteiger partial charge in [-0.05, 0) is 24.3 Å². The summed E-state index contributed by atoms with van der Waals surface area (Å²) in [6.07, 6.45) is 1.46. The van der Waals surface area contributed by atoms with Gasteiger partial charge in [0.15, 0.2) is 5.82 Å². The van der Waals surface area contributed by atoms with E-state index in [9.17, 15) is 9.59 Å². The SMILES string of the molecule is N#Cc1cccnc1NNC(=O)c1ccccc1C(=O)O. The quantitative estimate of drug-likeness (QED) is 0.730. The van der Waals surface area contributed by atoms with E-state index in [-0.39, 0.29) is 22.5 Å². The van der Waals surface area contributed by atoms with Gasteiger partial charge >= 0.3 is 5.97 Å². The molecule has 104 valence electrons. The lowest BCUT2D eigenvalue weighted by atomic mass is 10.1. The zero-order valence-electron chi connectivity index (χ0n) is 10.7. The fourth-order valence-electron chi connectivity index (χ4n) is 1.65. The van der Waals surface area contributed by atoms with E-state index < -0.39 is 11.9 Å². The van der Waals surface area contributed by atoms with Crippen LogP contribution in [-0.2, 0) is 0 Å². The van der Waals surface area contributed by atoms with Gasteiger partial charge in [0.05, 0.1) is 16.7 Å². The Balaban J connectivity index is 2.16. The first-order chi connectivity index (χ1) is 10.1. The summed E-state index contributed by atoms with van der Waals surface area (Å²) in [5.74, 6) is -1.65. The summed E-state index contributed by atoms with van der Waals surface area (Å²) in [5, 5.41) is 17.9. The highest BCUT2D eigenvalue weighted by Crippen LogP contribution is 2.10. The molecule has 0 spiro atoms. The normalized spacial score (nSPS) is 9.48. The maximum absolute atomic E-state index is 12.0. The van der Waals surface area contributed by atoms with E-state index in [0.29, 0.717) is 0 Å². The molecule has 0 bridgehead atoms. The van der Waals surface area contributed by atoms with E-state index in [0.717, 1.165) is 0 Å². The number of nitrogens with zero attached hydrogens (tertiary/aromatic N) is 2. The smallest absolute Gasteiger partial charge is 0.336 e. The number of aromatic nitrogens is 1. The number of hydrogen-bond acceptors (Lipinski definition) is 5. The Hall–Kier alpha value is -3.40. The molecule has 1 aromatic carbocycles. The minimum Gasteiger partial charge on any atom is -0.478 e. The lowest BCUT2D eigenvalue weighted by molar-refractivity contribution is 0.0691. The molecule has 0 saturated heterocycles. The minimum atomic E-state index is -1.20. The van der Waals surface area contributed by atoms with Crippen molar-refractivity contribution >= 4 is 17.7 Å². The molecular formula is C14H10N4O3. The number of amides is 1. The van der Waals surface area contributed by atoms with Gasteiger partial charge in [-0.2, -0.15) is 5.26 Å². The molecule has 1 amide bonds. The van der Waals surface area contributed by atoms with Crippen LogP contribution >= 0.6 is 0 Å². The van der Waals surface area contributed by atoms with E-state index in [1.54, 1.807) is 12.1 Å². The number of nitrogens with one attached hydrogen (secondary N) is 2. The van der Waals surface area contributed by atoms with Crippen LogP contribution < -0.4 is 10.9 Å². The molecule has 1 aromatic heterocycles. The molecular weight excluding hydrogens is 272 g/mol. The number of pyridine rings is 1. The molecule has 2 rings (SSSR count). The molecule has 0 unspecified atom stereocenters. The number of hydrazine groups is 1. The summed E-state index contributed by atoms with van der Waals surface area (Å²) in [6.45, 7) is 0. The molecule has 2 aromatic rings. The molecule has 0 radical (unpaired) electrons. The number of carboxylic acid groups (broad SMARTS) is 1. The van der Waals surface area contributed by atoms with Crippen LogP contribution in [0.4, 0.5) is 5.82 Å².